The Morgan fingerprint density at radius 1 is 0.206 bits per heavy atom. The average molecular weight is 863 g/mol. The van der Waals surface area contributed by atoms with Crippen LogP contribution >= 0.6 is 0 Å². The van der Waals surface area contributed by atoms with Crippen LogP contribution in [-0.2, 0) is 0 Å². The highest BCUT2D eigenvalue weighted by Crippen LogP contribution is 2.44. The Morgan fingerprint density at radius 3 is 1.50 bits per heavy atom. The molecule has 0 bridgehead atoms. The van der Waals surface area contributed by atoms with Crippen LogP contribution < -0.4 is 0 Å². The SMILES string of the molecule is c1ccc(-c2nc(-c3ccc(-c4ccc(-c5ccc(-c6c7ccccc7cc7c6ccc6ccccc67)c6ccccc56)cc4)cc3)cc(-c3ccccc3-c3ccc4ccccc4c3)n2)cc1. The zero-order valence-corrected chi connectivity index (χ0v) is 37.1. The molecule has 13 aromatic rings. The fraction of sp³-hybridized carbons (Fsp3) is 0. The maximum atomic E-state index is 5.21. The molecule has 13 rings (SSSR count). The molecule has 0 aliphatic heterocycles. The fourth-order valence-electron chi connectivity index (χ4n) is 10.3. The van der Waals surface area contributed by atoms with Crippen LogP contribution in [0.4, 0.5) is 0 Å². The summed E-state index contributed by atoms with van der Waals surface area (Å²) in [4.78, 5) is 10.4. The van der Waals surface area contributed by atoms with Crippen LogP contribution in [0, 0.1) is 0 Å². The maximum Gasteiger partial charge on any atom is 0.160 e. The van der Waals surface area contributed by atoms with Crippen LogP contribution in [-0.4, -0.2) is 9.97 Å². The third kappa shape index (κ3) is 6.90. The molecule has 0 spiro atoms. The molecule has 0 atom stereocenters. The lowest BCUT2D eigenvalue weighted by atomic mass is 9.86. The number of nitrogens with zero attached hydrogens (tertiary/aromatic N) is 2. The molecule has 0 unspecified atom stereocenters. The Balaban J connectivity index is 0.852. The zero-order valence-electron chi connectivity index (χ0n) is 37.1. The molecule has 0 N–H and O–H groups in total. The topological polar surface area (TPSA) is 25.8 Å². The summed E-state index contributed by atoms with van der Waals surface area (Å²) in [6.45, 7) is 0. The van der Waals surface area contributed by atoms with Crippen LogP contribution in [0.5, 0.6) is 0 Å². The number of hydrogen-bond acceptors (Lipinski definition) is 2. The summed E-state index contributed by atoms with van der Waals surface area (Å²) in [5, 5.41) is 12.5. The molecule has 2 heteroatoms. The number of aromatic nitrogens is 2. The molecule has 1 aromatic heterocycles. The highest BCUT2D eigenvalue weighted by Gasteiger charge is 2.18. The summed E-state index contributed by atoms with van der Waals surface area (Å²) >= 11 is 0. The molecule has 0 radical (unpaired) electrons. The lowest BCUT2D eigenvalue weighted by molar-refractivity contribution is 1.18. The van der Waals surface area contributed by atoms with Crippen LogP contribution in [0.25, 0.3) is 132 Å². The monoisotopic (exact) mass is 862 g/mol. The van der Waals surface area contributed by atoms with Crippen molar-refractivity contribution in [2.75, 3.05) is 0 Å². The molecule has 0 fully saturated rings. The van der Waals surface area contributed by atoms with E-state index in [9.17, 15) is 0 Å². The molecule has 2 nitrogen and oxygen atoms in total. The van der Waals surface area contributed by atoms with E-state index in [2.05, 4.69) is 237 Å². The van der Waals surface area contributed by atoms with Crippen LogP contribution in [0.1, 0.15) is 0 Å². The Labute approximate surface area is 395 Å². The molecule has 0 saturated carbocycles. The lowest BCUT2D eigenvalue weighted by Crippen LogP contribution is -1.97. The van der Waals surface area contributed by atoms with E-state index < -0.39 is 0 Å². The summed E-state index contributed by atoms with van der Waals surface area (Å²) in [6.07, 6.45) is 0. The average Bonchev–Trinajstić information content (AvgIpc) is 3.42. The first-order chi connectivity index (χ1) is 33.7. The largest absolute Gasteiger partial charge is 0.228 e. The van der Waals surface area contributed by atoms with Gasteiger partial charge in [0.05, 0.1) is 11.4 Å². The highest BCUT2D eigenvalue weighted by atomic mass is 14.9. The molecule has 68 heavy (non-hydrogen) atoms. The van der Waals surface area contributed by atoms with Gasteiger partial charge < -0.3 is 0 Å². The van der Waals surface area contributed by atoms with Crippen molar-refractivity contribution in [2.24, 2.45) is 0 Å². The second-order valence-corrected chi connectivity index (χ2v) is 17.7. The van der Waals surface area contributed by atoms with Gasteiger partial charge in [0.2, 0.25) is 0 Å². The van der Waals surface area contributed by atoms with Crippen LogP contribution in [0.2, 0.25) is 0 Å². The Hall–Kier alpha value is -8.98. The standard InChI is InChI=1S/C66H42N2/c1-2-16-49(17-3-1)66-67-63(42-64(68-66)59-25-13-10-21-54(59)52-35-30-43-14-4-5-18-50(43)40-52)48-33-28-45(29-34-48)44-26-31-47(32-27-44)55-38-39-60(58-24-12-11-23-57(55)58)65-56-22-9-7-19-51(56)41-62-53-20-8-6-15-46(53)36-37-61(62)65/h1-42H. The molecule has 0 aliphatic carbocycles. The second kappa shape index (κ2) is 16.5. The van der Waals surface area contributed by atoms with E-state index in [1.807, 2.05) is 18.2 Å². The molecule has 12 aromatic carbocycles. The molecule has 0 saturated heterocycles. The highest BCUT2D eigenvalue weighted by molar-refractivity contribution is 6.23. The smallest absolute Gasteiger partial charge is 0.160 e. The van der Waals surface area contributed by atoms with E-state index in [0.717, 1.165) is 50.3 Å². The molecule has 316 valence electrons. The van der Waals surface area contributed by atoms with E-state index in [-0.39, 0.29) is 0 Å². The van der Waals surface area contributed by atoms with Crippen molar-refractivity contribution in [2.45, 2.75) is 0 Å². The Bertz CT molecular complexity index is 4060. The van der Waals surface area contributed by atoms with E-state index >= 15 is 0 Å². The minimum absolute atomic E-state index is 0.700. The van der Waals surface area contributed by atoms with Crippen molar-refractivity contribution >= 4 is 53.9 Å². The number of benzene rings is 12. The minimum Gasteiger partial charge on any atom is -0.228 e. The van der Waals surface area contributed by atoms with E-state index in [4.69, 9.17) is 9.97 Å². The van der Waals surface area contributed by atoms with Gasteiger partial charge in [0.1, 0.15) is 0 Å². The van der Waals surface area contributed by atoms with Gasteiger partial charge in [-0.3, -0.25) is 0 Å². The van der Waals surface area contributed by atoms with Crippen molar-refractivity contribution in [3.63, 3.8) is 0 Å². The summed E-state index contributed by atoms with van der Waals surface area (Å²) in [5.41, 5.74) is 14.4. The van der Waals surface area contributed by atoms with E-state index in [1.165, 1.54) is 76.1 Å². The quantitative estimate of drug-likeness (QED) is 0.118. The van der Waals surface area contributed by atoms with Crippen molar-refractivity contribution < 1.29 is 0 Å². The zero-order chi connectivity index (χ0) is 45.0. The van der Waals surface area contributed by atoms with Crippen molar-refractivity contribution in [1.29, 1.82) is 0 Å². The van der Waals surface area contributed by atoms with Gasteiger partial charge in [-0.2, -0.15) is 0 Å². The first-order valence-corrected chi connectivity index (χ1v) is 23.3. The van der Waals surface area contributed by atoms with Crippen molar-refractivity contribution in [3.05, 3.63) is 255 Å². The third-order valence-corrected chi connectivity index (χ3v) is 13.7. The second-order valence-electron chi connectivity index (χ2n) is 17.7. The predicted molar refractivity (Wildman–Crippen MR) is 288 cm³/mol. The molecular weight excluding hydrogens is 821 g/mol. The van der Waals surface area contributed by atoms with E-state index in [1.54, 1.807) is 0 Å². The summed E-state index contributed by atoms with van der Waals surface area (Å²) < 4.78 is 0. The molecular formula is C66H42N2. The van der Waals surface area contributed by atoms with Gasteiger partial charge >= 0.3 is 0 Å². The van der Waals surface area contributed by atoms with Crippen molar-refractivity contribution in [3.8, 4) is 78.4 Å². The lowest BCUT2D eigenvalue weighted by Gasteiger charge is -2.17. The number of fused-ring (bicyclic) bond motifs is 6. The van der Waals surface area contributed by atoms with Crippen molar-refractivity contribution in [1.82, 2.24) is 9.97 Å². The van der Waals surface area contributed by atoms with Crippen LogP contribution in [0.3, 0.4) is 0 Å². The number of hydrogen-bond donors (Lipinski definition) is 0. The fourth-order valence-corrected chi connectivity index (χ4v) is 10.3. The van der Waals surface area contributed by atoms with Gasteiger partial charge in [-0.1, -0.05) is 237 Å². The molecule has 0 amide bonds. The van der Waals surface area contributed by atoms with Gasteiger partial charge in [0.25, 0.3) is 0 Å². The van der Waals surface area contributed by atoms with Gasteiger partial charge in [0.15, 0.2) is 5.82 Å². The van der Waals surface area contributed by atoms with Gasteiger partial charge in [-0.25, -0.2) is 9.97 Å². The van der Waals surface area contributed by atoms with Gasteiger partial charge in [0, 0.05) is 16.7 Å². The summed E-state index contributed by atoms with van der Waals surface area (Å²) in [6, 6.07) is 92.0. The van der Waals surface area contributed by atoms with Gasteiger partial charge in [-0.05, 0) is 117 Å². The summed E-state index contributed by atoms with van der Waals surface area (Å²) in [5.74, 6) is 0.700. The molecule has 0 aliphatic rings. The number of rotatable bonds is 7. The molecule has 1 heterocycles. The minimum atomic E-state index is 0.700. The Morgan fingerprint density at radius 2 is 0.735 bits per heavy atom. The maximum absolute atomic E-state index is 5.21. The van der Waals surface area contributed by atoms with Gasteiger partial charge in [-0.15, -0.1) is 0 Å². The summed E-state index contributed by atoms with van der Waals surface area (Å²) in [7, 11) is 0. The third-order valence-electron chi connectivity index (χ3n) is 13.7. The Kier molecular flexibility index (Phi) is 9.54. The first-order valence-electron chi connectivity index (χ1n) is 23.3. The van der Waals surface area contributed by atoms with E-state index in [0.29, 0.717) is 5.82 Å². The van der Waals surface area contributed by atoms with Crippen LogP contribution in [0.15, 0.2) is 255 Å². The predicted octanol–water partition coefficient (Wildman–Crippen LogP) is 17.9. The first kappa shape index (κ1) is 39.4. The normalized spacial score (nSPS) is 11.5.